The number of aromatic amines is 1. The Hall–Kier alpha value is -1.39. The molecule has 0 spiro atoms. The average Bonchev–Trinajstić information content (AvgIpc) is 3.05. The third kappa shape index (κ3) is 5.29. The summed E-state index contributed by atoms with van der Waals surface area (Å²) in [5.74, 6) is 2.10. The highest BCUT2D eigenvalue weighted by molar-refractivity contribution is 5.74. The van der Waals surface area contributed by atoms with Crippen molar-refractivity contribution in [2.45, 2.75) is 70.3 Å². The number of unbranched alkanes of at least 4 members (excludes halogenated alkanes) is 1. The molecular weight excluding hydrogens is 310 g/mol. The molecule has 0 unspecified atom stereocenters. The first-order valence-electron chi connectivity index (χ1n) is 10.1. The van der Waals surface area contributed by atoms with E-state index in [1.807, 2.05) is 18.2 Å². The fourth-order valence-electron chi connectivity index (χ4n) is 4.26. The van der Waals surface area contributed by atoms with Gasteiger partial charge in [-0.05, 0) is 43.2 Å². The van der Waals surface area contributed by atoms with Crippen molar-refractivity contribution >= 4 is 11.0 Å². The van der Waals surface area contributed by atoms with E-state index >= 15 is 0 Å². The number of hydrogen-bond acceptors (Lipinski definition) is 3. The van der Waals surface area contributed by atoms with Gasteiger partial charge in [0.2, 0.25) is 0 Å². The van der Waals surface area contributed by atoms with Crippen molar-refractivity contribution in [1.29, 1.82) is 0 Å². The number of rotatable bonds is 9. The summed E-state index contributed by atoms with van der Waals surface area (Å²) in [6.07, 6.45) is 12.0. The molecule has 4 N–H and O–H groups in total. The number of fused-ring (bicyclic) bond motifs is 1. The Labute approximate surface area is 151 Å². The molecular formula is C21H33N3O. The van der Waals surface area contributed by atoms with E-state index in [1.165, 1.54) is 32.1 Å². The highest BCUT2D eigenvalue weighted by Gasteiger charge is 2.22. The van der Waals surface area contributed by atoms with Gasteiger partial charge in [0.25, 0.3) is 0 Å². The molecule has 0 bridgehead atoms. The fraction of sp³-hybridized carbons (Fsp3) is 0.667. The monoisotopic (exact) mass is 343 g/mol. The summed E-state index contributed by atoms with van der Waals surface area (Å²) in [7, 11) is 0. The van der Waals surface area contributed by atoms with Crippen LogP contribution in [0.2, 0.25) is 0 Å². The van der Waals surface area contributed by atoms with E-state index in [0.717, 1.165) is 54.9 Å². The molecule has 4 nitrogen and oxygen atoms in total. The molecule has 0 amide bonds. The van der Waals surface area contributed by atoms with E-state index in [4.69, 9.17) is 5.73 Å². The molecule has 3 rings (SSSR count). The number of aryl methyl sites for hydroxylation is 1. The average molecular weight is 344 g/mol. The molecule has 25 heavy (non-hydrogen) atoms. The van der Waals surface area contributed by atoms with Crippen LogP contribution in [0.15, 0.2) is 24.3 Å². The predicted molar refractivity (Wildman–Crippen MR) is 103 cm³/mol. The summed E-state index contributed by atoms with van der Waals surface area (Å²) in [5, 5.41) is 9.74. The van der Waals surface area contributed by atoms with Crippen LogP contribution in [-0.4, -0.2) is 27.7 Å². The zero-order valence-electron chi connectivity index (χ0n) is 15.3. The lowest BCUT2D eigenvalue weighted by Crippen LogP contribution is -2.35. The molecule has 138 valence electrons. The van der Waals surface area contributed by atoms with Gasteiger partial charge in [0.1, 0.15) is 5.82 Å². The lowest BCUT2D eigenvalue weighted by Gasteiger charge is -2.28. The Morgan fingerprint density at radius 1 is 1.16 bits per heavy atom. The Balaban J connectivity index is 1.39. The minimum absolute atomic E-state index is 0.152. The predicted octanol–water partition coefficient (Wildman–Crippen LogP) is 4.18. The fourth-order valence-corrected chi connectivity index (χ4v) is 4.26. The second kappa shape index (κ2) is 9.35. The van der Waals surface area contributed by atoms with E-state index in [1.54, 1.807) is 0 Å². The summed E-state index contributed by atoms with van der Waals surface area (Å²) in [4.78, 5) is 8.02. The van der Waals surface area contributed by atoms with Crippen LogP contribution in [0.3, 0.4) is 0 Å². The van der Waals surface area contributed by atoms with Gasteiger partial charge in [-0.15, -0.1) is 0 Å². The molecule has 4 heteroatoms. The van der Waals surface area contributed by atoms with Crippen LogP contribution >= 0.6 is 0 Å². The summed E-state index contributed by atoms with van der Waals surface area (Å²) < 4.78 is 0. The molecule has 1 aromatic heterocycles. The number of para-hydroxylation sites is 2. The molecule has 2 atom stereocenters. The van der Waals surface area contributed by atoms with E-state index in [2.05, 4.69) is 16.0 Å². The van der Waals surface area contributed by atoms with Crippen molar-refractivity contribution in [1.82, 2.24) is 9.97 Å². The summed E-state index contributed by atoms with van der Waals surface area (Å²) in [5.41, 5.74) is 8.58. The molecule has 0 saturated heterocycles. The maximum absolute atomic E-state index is 9.74. The molecule has 1 fully saturated rings. The second-order valence-corrected chi connectivity index (χ2v) is 7.79. The Kier molecular flexibility index (Phi) is 6.88. The van der Waals surface area contributed by atoms with Gasteiger partial charge in [-0.25, -0.2) is 4.98 Å². The topological polar surface area (TPSA) is 74.9 Å². The first-order valence-corrected chi connectivity index (χ1v) is 10.1. The molecule has 1 aliphatic rings. The summed E-state index contributed by atoms with van der Waals surface area (Å²) >= 11 is 0. The first kappa shape index (κ1) is 18.4. The number of H-pyrrole nitrogens is 1. The van der Waals surface area contributed by atoms with Gasteiger partial charge in [-0.2, -0.15) is 0 Å². The van der Waals surface area contributed by atoms with E-state index < -0.39 is 0 Å². The maximum Gasteiger partial charge on any atom is 0.107 e. The lowest BCUT2D eigenvalue weighted by atomic mass is 9.81. The quantitative estimate of drug-likeness (QED) is 0.598. The summed E-state index contributed by atoms with van der Waals surface area (Å²) in [6.45, 7) is 0.221. The third-order valence-electron chi connectivity index (χ3n) is 5.85. The maximum atomic E-state index is 9.74. The standard InChI is InChI=1S/C21H33N3O/c22-18(14-16-8-2-1-3-9-16)17(15-25)10-4-7-13-21-23-19-11-5-6-12-20(19)24-21/h5-6,11-12,16-18,25H,1-4,7-10,13-15,22H2,(H,23,24)/t17-,18+/m1/s1. The van der Waals surface area contributed by atoms with Crippen LogP contribution in [0.1, 0.15) is 63.6 Å². The van der Waals surface area contributed by atoms with Crippen molar-refractivity contribution < 1.29 is 5.11 Å². The minimum Gasteiger partial charge on any atom is -0.396 e. The minimum atomic E-state index is 0.152. The molecule has 1 aliphatic carbocycles. The molecule has 1 aromatic carbocycles. The molecule has 0 radical (unpaired) electrons. The van der Waals surface area contributed by atoms with Crippen LogP contribution < -0.4 is 5.73 Å². The Morgan fingerprint density at radius 2 is 1.96 bits per heavy atom. The Bertz CT molecular complexity index is 600. The highest BCUT2D eigenvalue weighted by Crippen LogP contribution is 2.29. The van der Waals surface area contributed by atoms with Crippen LogP contribution in [0.5, 0.6) is 0 Å². The van der Waals surface area contributed by atoms with Crippen LogP contribution in [0, 0.1) is 11.8 Å². The third-order valence-corrected chi connectivity index (χ3v) is 5.85. The van der Waals surface area contributed by atoms with Gasteiger partial charge in [-0.3, -0.25) is 0 Å². The number of hydrogen-bond donors (Lipinski definition) is 3. The number of aromatic nitrogens is 2. The van der Waals surface area contributed by atoms with Crippen LogP contribution in [0.4, 0.5) is 0 Å². The highest BCUT2D eigenvalue weighted by atomic mass is 16.3. The molecule has 1 heterocycles. The van der Waals surface area contributed by atoms with Gasteiger partial charge in [0, 0.05) is 19.1 Å². The number of benzene rings is 1. The number of imidazole rings is 1. The van der Waals surface area contributed by atoms with E-state index in [-0.39, 0.29) is 18.6 Å². The smallest absolute Gasteiger partial charge is 0.107 e. The zero-order chi connectivity index (χ0) is 17.5. The zero-order valence-corrected chi connectivity index (χ0v) is 15.3. The molecule has 1 saturated carbocycles. The van der Waals surface area contributed by atoms with Gasteiger partial charge >= 0.3 is 0 Å². The largest absolute Gasteiger partial charge is 0.396 e. The van der Waals surface area contributed by atoms with E-state index in [0.29, 0.717) is 0 Å². The van der Waals surface area contributed by atoms with Crippen molar-refractivity contribution in [3.05, 3.63) is 30.1 Å². The van der Waals surface area contributed by atoms with Crippen LogP contribution in [0.25, 0.3) is 11.0 Å². The van der Waals surface area contributed by atoms with Crippen molar-refractivity contribution in [3.8, 4) is 0 Å². The second-order valence-electron chi connectivity index (χ2n) is 7.79. The Morgan fingerprint density at radius 3 is 2.72 bits per heavy atom. The normalized spacial score (nSPS) is 18.5. The molecule has 2 aromatic rings. The van der Waals surface area contributed by atoms with Gasteiger partial charge in [0.05, 0.1) is 11.0 Å². The SMILES string of the molecule is N[C@@H](CC1CCCCC1)[C@@H](CO)CCCCc1nc2ccccc2[nH]1. The number of nitrogens with zero attached hydrogens (tertiary/aromatic N) is 1. The van der Waals surface area contributed by atoms with E-state index in [9.17, 15) is 5.11 Å². The van der Waals surface area contributed by atoms with Gasteiger partial charge in [0.15, 0.2) is 0 Å². The first-order chi connectivity index (χ1) is 12.3. The summed E-state index contributed by atoms with van der Waals surface area (Å²) in [6, 6.07) is 8.31. The van der Waals surface area contributed by atoms with Crippen LogP contribution in [-0.2, 0) is 6.42 Å². The number of aliphatic hydroxyl groups is 1. The number of aliphatic hydroxyl groups excluding tert-OH is 1. The lowest BCUT2D eigenvalue weighted by molar-refractivity contribution is 0.173. The molecule has 0 aliphatic heterocycles. The van der Waals surface area contributed by atoms with Gasteiger partial charge < -0.3 is 15.8 Å². The van der Waals surface area contributed by atoms with Crippen molar-refractivity contribution in [3.63, 3.8) is 0 Å². The number of nitrogens with one attached hydrogen (secondary N) is 1. The van der Waals surface area contributed by atoms with Crippen molar-refractivity contribution in [2.24, 2.45) is 17.6 Å². The van der Waals surface area contributed by atoms with Gasteiger partial charge in [-0.1, -0.05) is 50.7 Å². The number of nitrogens with two attached hydrogens (primary N) is 1. The van der Waals surface area contributed by atoms with Crippen molar-refractivity contribution in [2.75, 3.05) is 6.61 Å².